The summed E-state index contributed by atoms with van der Waals surface area (Å²) in [5.41, 5.74) is 0. The minimum Gasteiger partial charge on any atom is -0.393 e. The van der Waals surface area contributed by atoms with Gasteiger partial charge < -0.3 is 9.47 Å². The van der Waals surface area contributed by atoms with Gasteiger partial charge in [-0.1, -0.05) is 6.92 Å². The van der Waals surface area contributed by atoms with Crippen LogP contribution in [0.1, 0.15) is 27.2 Å². The highest BCUT2D eigenvalue weighted by molar-refractivity contribution is 5.69. The van der Waals surface area contributed by atoms with Gasteiger partial charge in [0.1, 0.15) is 0 Å². The van der Waals surface area contributed by atoms with E-state index < -0.39 is 11.9 Å². The summed E-state index contributed by atoms with van der Waals surface area (Å²) in [5.74, 6) is -1.05. The molecular formula is C8H12O4. The Hall–Kier alpha value is -1.32. The Labute approximate surface area is 71.2 Å². The van der Waals surface area contributed by atoms with Crippen molar-refractivity contribution in [3.05, 3.63) is 12.0 Å². The summed E-state index contributed by atoms with van der Waals surface area (Å²) in [6.07, 6.45) is 2.15. The van der Waals surface area contributed by atoms with Gasteiger partial charge in [-0.2, -0.15) is 0 Å². The first-order chi connectivity index (χ1) is 5.56. The smallest absolute Gasteiger partial charge is 0.310 e. The predicted octanol–water partition coefficient (Wildman–Crippen LogP) is 1.36. The van der Waals surface area contributed by atoms with Crippen LogP contribution < -0.4 is 0 Å². The lowest BCUT2D eigenvalue weighted by Gasteiger charge is -2.04. The van der Waals surface area contributed by atoms with Gasteiger partial charge in [-0.3, -0.25) is 9.59 Å². The van der Waals surface area contributed by atoms with Crippen molar-refractivity contribution in [1.29, 1.82) is 0 Å². The fraction of sp³-hybridized carbons (Fsp3) is 0.500. The molecule has 0 radical (unpaired) electrons. The molecule has 0 aromatic rings. The lowest BCUT2D eigenvalue weighted by molar-refractivity contribution is -0.151. The molecule has 0 N–H and O–H groups in total. The van der Waals surface area contributed by atoms with E-state index in [0.29, 0.717) is 6.42 Å². The maximum atomic E-state index is 10.5. The van der Waals surface area contributed by atoms with Crippen molar-refractivity contribution >= 4 is 11.9 Å². The van der Waals surface area contributed by atoms with E-state index in [9.17, 15) is 9.59 Å². The van der Waals surface area contributed by atoms with Gasteiger partial charge in [0.2, 0.25) is 0 Å². The fourth-order valence-electron chi connectivity index (χ4n) is 0.554. The third kappa shape index (κ3) is 5.46. The highest BCUT2D eigenvalue weighted by atomic mass is 16.7. The number of hydrogen-bond acceptors (Lipinski definition) is 4. The Morgan fingerprint density at radius 2 is 1.58 bits per heavy atom. The van der Waals surface area contributed by atoms with Crippen LogP contribution in [0.15, 0.2) is 12.0 Å². The lowest BCUT2D eigenvalue weighted by atomic mass is 10.5. The summed E-state index contributed by atoms with van der Waals surface area (Å²) in [4.78, 5) is 20.9. The molecule has 0 saturated carbocycles. The zero-order valence-electron chi connectivity index (χ0n) is 7.42. The van der Waals surface area contributed by atoms with E-state index in [2.05, 4.69) is 9.47 Å². The number of allylic oxidation sites excluding steroid dienone is 1. The van der Waals surface area contributed by atoms with E-state index in [-0.39, 0.29) is 5.95 Å². The summed E-state index contributed by atoms with van der Waals surface area (Å²) in [7, 11) is 0. The van der Waals surface area contributed by atoms with Crippen molar-refractivity contribution in [3.8, 4) is 0 Å². The van der Waals surface area contributed by atoms with Crippen molar-refractivity contribution in [1.82, 2.24) is 0 Å². The first-order valence-electron chi connectivity index (χ1n) is 3.63. The van der Waals surface area contributed by atoms with Gasteiger partial charge in [0, 0.05) is 13.8 Å². The molecular weight excluding hydrogens is 160 g/mol. The van der Waals surface area contributed by atoms with Crippen molar-refractivity contribution in [2.45, 2.75) is 27.2 Å². The van der Waals surface area contributed by atoms with Crippen LogP contribution in [0.4, 0.5) is 0 Å². The van der Waals surface area contributed by atoms with Crippen LogP contribution in [0.2, 0.25) is 0 Å². The molecule has 68 valence electrons. The Balaban J connectivity index is 4.14. The molecule has 4 heteroatoms. The fourth-order valence-corrected chi connectivity index (χ4v) is 0.554. The van der Waals surface area contributed by atoms with Crippen molar-refractivity contribution in [2.24, 2.45) is 0 Å². The van der Waals surface area contributed by atoms with E-state index in [1.807, 2.05) is 6.92 Å². The molecule has 0 saturated heterocycles. The second-order valence-electron chi connectivity index (χ2n) is 2.12. The molecule has 0 atom stereocenters. The quantitative estimate of drug-likeness (QED) is 0.476. The monoisotopic (exact) mass is 172 g/mol. The SMILES string of the molecule is CCC=C(OC(C)=O)OC(C)=O. The Kier molecular flexibility index (Phi) is 4.76. The second-order valence-corrected chi connectivity index (χ2v) is 2.12. The standard InChI is InChI=1S/C8H12O4/c1-4-5-8(11-6(2)9)12-7(3)10/h5H,4H2,1-3H3. The Morgan fingerprint density at radius 1 is 1.17 bits per heavy atom. The molecule has 0 spiro atoms. The van der Waals surface area contributed by atoms with Crippen LogP contribution in [-0.2, 0) is 19.1 Å². The third-order valence-corrected chi connectivity index (χ3v) is 0.859. The Morgan fingerprint density at radius 3 is 1.83 bits per heavy atom. The number of esters is 2. The average molecular weight is 172 g/mol. The van der Waals surface area contributed by atoms with E-state index in [1.165, 1.54) is 19.9 Å². The molecule has 0 aliphatic heterocycles. The average Bonchev–Trinajstić information content (AvgIpc) is 1.84. The largest absolute Gasteiger partial charge is 0.393 e. The number of rotatable bonds is 3. The molecule has 0 bridgehead atoms. The molecule has 0 fully saturated rings. The minimum atomic E-state index is -0.504. The molecule has 0 aliphatic rings. The zero-order chi connectivity index (χ0) is 9.56. The summed E-state index contributed by atoms with van der Waals surface area (Å²) in [6.45, 7) is 4.33. The van der Waals surface area contributed by atoms with Crippen molar-refractivity contribution in [3.63, 3.8) is 0 Å². The van der Waals surface area contributed by atoms with Crippen LogP contribution in [-0.4, -0.2) is 11.9 Å². The molecule has 12 heavy (non-hydrogen) atoms. The molecule has 4 nitrogen and oxygen atoms in total. The van der Waals surface area contributed by atoms with Crippen molar-refractivity contribution < 1.29 is 19.1 Å². The number of ether oxygens (including phenoxy) is 2. The Bertz CT molecular complexity index is 187. The van der Waals surface area contributed by atoms with Gasteiger partial charge in [0.05, 0.1) is 0 Å². The minimum absolute atomic E-state index is 0.0440. The first-order valence-corrected chi connectivity index (χ1v) is 3.63. The van der Waals surface area contributed by atoms with Crippen LogP contribution >= 0.6 is 0 Å². The van der Waals surface area contributed by atoms with Crippen molar-refractivity contribution in [2.75, 3.05) is 0 Å². The summed E-state index contributed by atoms with van der Waals surface area (Å²) >= 11 is 0. The molecule has 0 aliphatic carbocycles. The topological polar surface area (TPSA) is 52.6 Å². The van der Waals surface area contributed by atoms with Crippen LogP contribution in [0.3, 0.4) is 0 Å². The summed E-state index contributed by atoms with van der Waals surface area (Å²) in [6, 6.07) is 0. The first kappa shape index (κ1) is 10.7. The highest BCUT2D eigenvalue weighted by Gasteiger charge is 2.04. The van der Waals surface area contributed by atoms with Crippen LogP contribution in [0, 0.1) is 0 Å². The van der Waals surface area contributed by atoms with Gasteiger partial charge in [-0.25, -0.2) is 0 Å². The molecule has 0 rings (SSSR count). The molecule has 0 heterocycles. The van der Waals surface area contributed by atoms with Gasteiger partial charge in [-0.05, 0) is 12.5 Å². The van der Waals surface area contributed by atoms with Gasteiger partial charge in [0.15, 0.2) is 0 Å². The normalized spacial score (nSPS) is 8.58. The van der Waals surface area contributed by atoms with E-state index in [0.717, 1.165) is 0 Å². The van der Waals surface area contributed by atoms with E-state index in [4.69, 9.17) is 0 Å². The third-order valence-electron chi connectivity index (χ3n) is 0.859. The van der Waals surface area contributed by atoms with Gasteiger partial charge in [0.25, 0.3) is 5.95 Å². The number of carbonyl (C=O) groups is 2. The highest BCUT2D eigenvalue weighted by Crippen LogP contribution is 2.02. The van der Waals surface area contributed by atoms with Gasteiger partial charge >= 0.3 is 11.9 Å². The molecule has 0 aromatic heterocycles. The van der Waals surface area contributed by atoms with E-state index >= 15 is 0 Å². The van der Waals surface area contributed by atoms with E-state index in [1.54, 1.807) is 0 Å². The lowest BCUT2D eigenvalue weighted by Crippen LogP contribution is -2.06. The maximum absolute atomic E-state index is 10.5. The summed E-state index contributed by atoms with van der Waals surface area (Å²) in [5, 5.41) is 0. The zero-order valence-corrected chi connectivity index (χ0v) is 7.42. The van der Waals surface area contributed by atoms with Crippen LogP contribution in [0.25, 0.3) is 0 Å². The van der Waals surface area contributed by atoms with Crippen LogP contribution in [0.5, 0.6) is 0 Å². The molecule has 0 aromatic carbocycles. The predicted molar refractivity (Wildman–Crippen MR) is 41.9 cm³/mol. The molecule has 0 amide bonds. The summed E-state index contributed by atoms with van der Waals surface area (Å²) < 4.78 is 9.16. The molecule has 0 unspecified atom stereocenters. The number of hydrogen-bond donors (Lipinski definition) is 0. The van der Waals surface area contributed by atoms with Gasteiger partial charge in [-0.15, -0.1) is 0 Å². The second kappa shape index (κ2) is 5.35. The number of carbonyl (C=O) groups excluding carboxylic acids is 2. The maximum Gasteiger partial charge on any atom is 0.310 e.